The lowest BCUT2D eigenvalue weighted by molar-refractivity contribution is 0.979. The highest BCUT2D eigenvalue weighted by Crippen LogP contribution is 2.20. The van der Waals surface area contributed by atoms with Gasteiger partial charge in [0, 0.05) is 22.3 Å². The van der Waals surface area contributed by atoms with Crippen LogP contribution in [0, 0.1) is 0 Å². The van der Waals surface area contributed by atoms with Gasteiger partial charge in [-0.05, 0) is 24.6 Å². The van der Waals surface area contributed by atoms with Gasteiger partial charge in [0.15, 0.2) is 0 Å². The van der Waals surface area contributed by atoms with Crippen molar-refractivity contribution in [1.82, 2.24) is 0 Å². The molecule has 0 saturated heterocycles. The summed E-state index contributed by atoms with van der Waals surface area (Å²) >= 11 is 8.37. The molecule has 0 amide bonds. The van der Waals surface area contributed by atoms with Crippen LogP contribution in [0.25, 0.3) is 0 Å². The lowest BCUT2D eigenvalue weighted by Gasteiger charge is -2.10. The third-order valence-electron chi connectivity index (χ3n) is 1.81. The number of thiocarbonyl (C=S) groups is 1. The number of rotatable bonds is 4. The highest BCUT2D eigenvalue weighted by atomic mass is 79.9. The van der Waals surface area contributed by atoms with Crippen LogP contribution in [0.3, 0.4) is 0 Å². The third kappa shape index (κ3) is 2.96. The van der Waals surface area contributed by atoms with Crippen LogP contribution in [0.15, 0.2) is 22.7 Å². The van der Waals surface area contributed by atoms with E-state index in [9.17, 15) is 0 Å². The van der Waals surface area contributed by atoms with Gasteiger partial charge in [-0.3, -0.25) is 0 Å². The summed E-state index contributed by atoms with van der Waals surface area (Å²) in [6.45, 7) is 3.05. The fourth-order valence-corrected chi connectivity index (χ4v) is 1.66. The Balaban J connectivity index is 2.96. The van der Waals surface area contributed by atoms with Crippen LogP contribution in [-0.4, -0.2) is 11.5 Å². The molecule has 0 aliphatic carbocycles. The van der Waals surface area contributed by atoms with Crippen molar-refractivity contribution >= 4 is 38.8 Å². The van der Waals surface area contributed by atoms with Gasteiger partial charge in [-0.25, -0.2) is 0 Å². The van der Waals surface area contributed by atoms with Gasteiger partial charge in [0.2, 0.25) is 0 Å². The molecule has 0 spiro atoms. The molecule has 0 aromatic heterocycles. The largest absolute Gasteiger partial charge is 0.389 e. The number of halogens is 1. The van der Waals surface area contributed by atoms with Gasteiger partial charge in [0.25, 0.3) is 0 Å². The molecule has 0 saturated carbocycles. The van der Waals surface area contributed by atoms with Crippen LogP contribution in [0.5, 0.6) is 0 Å². The van der Waals surface area contributed by atoms with Crippen LogP contribution < -0.4 is 11.1 Å². The molecule has 0 unspecified atom stereocenters. The monoisotopic (exact) mass is 272 g/mol. The zero-order valence-corrected chi connectivity index (χ0v) is 10.4. The highest BCUT2D eigenvalue weighted by Gasteiger charge is 2.04. The van der Waals surface area contributed by atoms with Crippen LogP contribution in [-0.2, 0) is 0 Å². The maximum atomic E-state index is 5.63. The van der Waals surface area contributed by atoms with E-state index in [1.165, 1.54) is 0 Å². The number of hydrogen-bond donors (Lipinski definition) is 2. The molecule has 1 aromatic carbocycles. The second kappa shape index (κ2) is 5.32. The standard InChI is InChI=1S/C10H13BrN2S/c1-2-5-13-9-4-3-7(11)6-8(9)10(12)14/h3-4,6,13H,2,5H2,1H3,(H2,12,14). The van der Waals surface area contributed by atoms with E-state index < -0.39 is 0 Å². The Morgan fingerprint density at radius 3 is 2.86 bits per heavy atom. The van der Waals surface area contributed by atoms with Crippen LogP contribution in [0.2, 0.25) is 0 Å². The molecule has 0 aliphatic heterocycles. The van der Waals surface area contributed by atoms with E-state index >= 15 is 0 Å². The molecule has 4 heteroatoms. The molecule has 14 heavy (non-hydrogen) atoms. The average molecular weight is 273 g/mol. The van der Waals surface area contributed by atoms with Crippen molar-refractivity contribution in [1.29, 1.82) is 0 Å². The molecule has 3 N–H and O–H groups in total. The summed E-state index contributed by atoms with van der Waals surface area (Å²) in [5, 5.41) is 3.28. The van der Waals surface area contributed by atoms with Gasteiger partial charge in [0.1, 0.15) is 4.99 Å². The second-order valence-corrected chi connectivity index (χ2v) is 4.34. The number of benzene rings is 1. The summed E-state index contributed by atoms with van der Waals surface area (Å²) in [5.74, 6) is 0. The minimum atomic E-state index is 0.421. The molecule has 0 aliphatic rings. The minimum absolute atomic E-state index is 0.421. The Hall–Kier alpha value is -0.610. The Labute approximate surface area is 98.0 Å². The van der Waals surface area contributed by atoms with E-state index in [1.807, 2.05) is 18.2 Å². The Morgan fingerprint density at radius 2 is 2.29 bits per heavy atom. The summed E-state index contributed by atoms with van der Waals surface area (Å²) in [5.41, 5.74) is 7.52. The molecular weight excluding hydrogens is 260 g/mol. The van der Waals surface area contributed by atoms with Crippen LogP contribution >= 0.6 is 28.1 Å². The summed E-state index contributed by atoms with van der Waals surface area (Å²) < 4.78 is 0.988. The van der Waals surface area contributed by atoms with Gasteiger partial charge in [0.05, 0.1) is 0 Å². The molecular formula is C10H13BrN2S. The number of hydrogen-bond acceptors (Lipinski definition) is 2. The smallest absolute Gasteiger partial charge is 0.106 e. The van der Waals surface area contributed by atoms with Gasteiger partial charge in [-0.2, -0.15) is 0 Å². The summed E-state index contributed by atoms with van der Waals surface area (Å²) in [6, 6.07) is 5.88. The van der Waals surface area contributed by atoms with Crippen LogP contribution in [0.4, 0.5) is 5.69 Å². The Bertz CT molecular complexity index is 339. The molecule has 0 atom stereocenters. The number of nitrogens with one attached hydrogen (secondary N) is 1. The predicted octanol–water partition coefficient (Wildman–Crippen LogP) is 2.91. The van der Waals surface area contributed by atoms with Crippen molar-refractivity contribution in [2.75, 3.05) is 11.9 Å². The van der Waals surface area contributed by atoms with E-state index in [-0.39, 0.29) is 0 Å². The fraction of sp³-hybridized carbons (Fsp3) is 0.300. The van der Waals surface area contributed by atoms with E-state index in [4.69, 9.17) is 18.0 Å². The van der Waals surface area contributed by atoms with Crippen molar-refractivity contribution in [3.05, 3.63) is 28.2 Å². The maximum absolute atomic E-state index is 5.63. The molecule has 0 heterocycles. The second-order valence-electron chi connectivity index (χ2n) is 2.98. The SMILES string of the molecule is CCCNc1ccc(Br)cc1C(N)=S. The molecule has 1 rings (SSSR count). The summed E-state index contributed by atoms with van der Waals surface area (Å²) in [6.07, 6.45) is 1.08. The molecule has 1 aromatic rings. The normalized spacial score (nSPS) is 9.86. The first-order valence-corrected chi connectivity index (χ1v) is 5.68. The lowest BCUT2D eigenvalue weighted by Crippen LogP contribution is -2.13. The number of nitrogens with two attached hydrogens (primary N) is 1. The van der Waals surface area contributed by atoms with E-state index in [0.29, 0.717) is 4.99 Å². The highest BCUT2D eigenvalue weighted by molar-refractivity contribution is 9.10. The molecule has 0 bridgehead atoms. The van der Waals surface area contributed by atoms with Crippen molar-refractivity contribution < 1.29 is 0 Å². The predicted molar refractivity (Wildman–Crippen MR) is 68.8 cm³/mol. The van der Waals surface area contributed by atoms with Crippen molar-refractivity contribution in [2.24, 2.45) is 5.73 Å². The molecule has 0 radical (unpaired) electrons. The zero-order chi connectivity index (χ0) is 10.6. The third-order valence-corrected chi connectivity index (χ3v) is 2.53. The molecule has 76 valence electrons. The minimum Gasteiger partial charge on any atom is -0.389 e. The van der Waals surface area contributed by atoms with Crippen LogP contribution in [0.1, 0.15) is 18.9 Å². The summed E-state index contributed by atoms with van der Waals surface area (Å²) in [4.78, 5) is 0.421. The topological polar surface area (TPSA) is 38.0 Å². The number of anilines is 1. The van der Waals surface area contributed by atoms with Crippen molar-refractivity contribution in [3.8, 4) is 0 Å². The summed E-state index contributed by atoms with van der Waals surface area (Å²) in [7, 11) is 0. The Kier molecular flexibility index (Phi) is 4.35. The van der Waals surface area contributed by atoms with Gasteiger partial charge < -0.3 is 11.1 Å². The average Bonchev–Trinajstić information content (AvgIpc) is 2.15. The Morgan fingerprint density at radius 1 is 1.57 bits per heavy atom. The van der Waals surface area contributed by atoms with E-state index in [2.05, 4.69) is 28.2 Å². The van der Waals surface area contributed by atoms with Gasteiger partial charge >= 0.3 is 0 Å². The van der Waals surface area contributed by atoms with E-state index in [0.717, 1.165) is 28.7 Å². The first-order chi connectivity index (χ1) is 6.65. The first kappa shape index (κ1) is 11.5. The molecule has 0 fully saturated rings. The molecule has 2 nitrogen and oxygen atoms in total. The zero-order valence-electron chi connectivity index (χ0n) is 8.01. The van der Waals surface area contributed by atoms with Gasteiger partial charge in [-0.1, -0.05) is 35.1 Å². The lowest BCUT2D eigenvalue weighted by atomic mass is 10.2. The van der Waals surface area contributed by atoms with Gasteiger partial charge in [-0.15, -0.1) is 0 Å². The fourth-order valence-electron chi connectivity index (χ4n) is 1.13. The van der Waals surface area contributed by atoms with Crippen molar-refractivity contribution in [3.63, 3.8) is 0 Å². The first-order valence-electron chi connectivity index (χ1n) is 4.48. The quantitative estimate of drug-likeness (QED) is 0.828. The van der Waals surface area contributed by atoms with E-state index in [1.54, 1.807) is 0 Å². The van der Waals surface area contributed by atoms with Crippen molar-refractivity contribution in [2.45, 2.75) is 13.3 Å². The maximum Gasteiger partial charge on any atom is 0.106 e.